The largest absolute Gasteiger partial charge is 3.00 e. The molecule has 4 rings (SSSR count). The fraction of sp³-hybridized carbons (Fsp3) is 0.429. The molecule has 8 nitrogen and oxygen atoms in total. The van der Waals surface area contributed by atoms with E-state index in [1.165, 1.54) is 0 Å². The number of hydrogen-bond acceptors (Lipinski definition) is 4. The fourth-order valence-electron chi connectivity index (χ4n) is 5.51. The molecular formula is C56H94N8Si8Y2. The minimum Gasteiger partial charge on any atom is -0.697 e. The van der Waals surface area contributed by atoms with E-state index in [-0.39, 0.29) is 65.4 Å². The number of amidine groups is 4. The summed E-state index contributed by atoms with van der Waals surface area (Å²) in [5.41, 5.74) is 4.60. The monoisotopic (exact) mass is 1280 g/mol. The third-order valence-corrected chi connectivity index (χ3v) is 14.7. The summed E-state index contributed by atoms with van der Waals surface area (Å²) >= 11 is 0. The zero-order valence-electron chi connectivity index (χ0n) is 50.4. The second-order valence-corrected chi connectivity index (χ2v) is 61.5. The van der Waals surface area contributed by atoms with Crippen LogP contribution in [0.3, 0.4) is 0 Å². The van der Waals surface area contributed by atoms with Gasteiger partial charge in [-0.2, -0.15) is 0 Å². The summed E-state index contributed by atoms with van der Waals surface area (Å²) in [6.45, 7) is 53.9. The summed E-state index contributed by atoms with van der Waals surface area (Å²) in [6.07, 6.45) is 18.0. The number of nitrogens with zero attached hydrogens (tertiary/aromatic N) is 8. The van der Waals surface area contributed by atoms with Crippen LogP contribution in [0, 0.1) is 25.7 Å². The normalized spacial score (nSPS) is 12.6. The molecule has 4 aromatic carbocycles. The van der Waals surface area contributed by atoms with Gasteiger partial charge in [-0.15, -0.1) is 0 Å². The first kappa shape index (κ1) is 78.3. The van der Waals surface area contributed by atoms with Gasteiger partial charge < -0.3 is 64.3 Å². The van der Waals surface area contributed by atoms with E-state index in [0.717, 1.165) is 45.6 Å². The van der Waals surface area contributed by atoms with E-state index in [4.69, 9.17) is 51.4 Å². The Bertz CT molecular complexity index is 1970. The molecule has 0 aliphatic heterocycles. The molecule has 18 heteroatoms. The zero-order chi connectivity index (χ0) is 56.4. The molecule has 0 atom stereocenters. The van der Waals surface area contributed by atoms with Gasteiger partial charge in [0, 0.05) is 65.9 Å². The van der Waals surface area contributed by atoms with Crippen molar-refractivity contribution in [1.82, 2.24) is 0 Å². The second-order valence-electron chi connectivity index (χ2n) is 25.0. The molecule has 0 spiro atoms. The van der Waals surface area contributed by atoms with Crippen molar-refractivity contribution in [3.63, 3.8) is 0 Å². The quantitative estimate of drug-likeness (QED) is 0.0443. The number of terminal acetylenes is 2. The molecule has 0 fully saturated rings. The second kappa shape index (κ2) is 36.1. The maximum Gasteiger partial charge on any atom is 3.00 e. The van der Waals surface area contributed by atoms with Crippen molar-refractivity contribution < 1.29 is 65.4 Å². The Labute approximate surface area is 514 Å². The van der Waals surface area contributed by atoms with Crippen LogP contribution in [-0.4, -0.2) is 89.2 Å². The predicted molar refractivity (Wildman–Crippen MR) is 348 cm³/mol. The molecule has 4 aromatic rings. The summed E-state index contributed by atoms with van der Waals surface area (Å²) in [7, 11) is -11.9. The average Bonchev–Trinajstić information content (AvgIpc) is 3.22. The summed E-state index contributed by atoms with van der Waals surface area (Å²) in [4.78, 5) is 19.6. The summed E-state index contributed by atoms with van der Waals surface area (Å²) in [5, 5.41) is 0. The first-order valence-corrected chi connectivity index (χ1v) is 52.4. The maximum atomic E-state index is 5.25. The van der Waals surface area contributed by atoms with E-state index in [1.54, 1.807) is 0 Å². The van der Waals surface area contributed by atoms with Crippen molar-refractivity contribution in [2.24, 2.45) is 18.6 Å². The number of benzene rings is 4. The van der Waals surface area contributed by atoms with Crippen LogP contribution in [0.5, 0.6) is 0 Å². The van der Waals surface area contributed by atoms with E-state index >= 15 is 0 Å². The van der Waals surface area contributed by atoms with Crippen LogP contribution in [-0.2, 0) is 65.4 Å². The topological polar surface area (TPSA) is 106 Å². The van der Waals surface area contributed by atoms with Gasteiger partial charge in [-0.3, -0.25) is 0 Å². The molecule has 0 N–H and O–H groups in total. The molecule has 74 heavy (non-hydrogen) atoms. The summed E-state index contributed by atoms with van der Waals surface area (Å²) in [5.74, 6) is 3.85. The van der Waals surface area contributed by atoms with E-state index in [0.29, 0.717) is 0 Å². The third kappa shape index (κ3) is 44.9. The van der Waals surface area contributed by atoms with E-state index in [9.17, 15) is 0 Å². The SMILES string of the molecule is C[Si](C)(C)/N=C(/[N-][Si](C)(C)C)c1ccccc1.C[Si](C)(C)/N=C(/[N-][Si](C)(C)C)c1ccccc1.C[Si](C)(C)/N=C(/[N-][Si](C)(C)C)c1ccccc1.C[Si](C)(C)/N=C(/[N-][Si](C)(C)C)c1ccccc1.[C-]#C.[C-]#C.[Y+3].[Y+3]. The third-order valence-electron chi connectivity index (χ3n) is 7.66. The van der Waals surface area contributed by atoms with Crippen LogP contribution < -0.4 is 0 Å². The Hall–Kier alpha value is -2.18. The van der Waals surface area contributed by atoms with E-state index in [1.807, 2.05) is 24.3 Å². The van der Waals surface area contributed by atoms with Crippen molar-refractivity contribution in [1.29, 1.82) is 0 Å². The van der Waals surface area contributed by atoms with Crippen molar-refractivity contribution in [3.05, 3.63) is 176 Å². The molecule has 0 saturated heterocycles. The Balaban J connectivity index is -0.000000427. The van der Waals surface area contributed by atoms with Crippen LogP contribution in [0.1, 0.15) is 22.3 Å². The van der Waals surface area contributed by atoms with Gasteiger partial charge in [0.2, 0.25) is 0 Å². The Morgan fingerprint density at radius 2 is 0.392 bits per heavy atom. The van der Waals surface area contributed by atoms with E-state index < -0.39 is 65.9 Å². The number of rotatable bonds is 12. The molecular weight excluding hydrogens is 1190 g/mol. The molecule has 0 unspecified atom stereocenters. The fourth-order valence-corrected chi connectivity index (χ4v) is 12.4. The van der Waals surface area contributed by atoms with Gasteiger partial charge in [0.15, 0.2) is 0 Å². The standard InChI is InChI=1S/4C13H23N2Si2.2C2H.2Y/c4*1-16(2,3)14-13(15-17(4,5)6)12-10-8-7-9-11-12;2*1-2;;/h4*7-11H,1-6H3;2*1H;;/q6*-1;2*+3. The van der Waals surface area contributed by atoms with E-state index in [2.05, 4.69) is 267 Å². The van der Waals surface area contributed by atoms with Gasteiger partial charge >= 0.3 is 65.4 Å². The molecule has 0 aromatic heterocycles. The first-order valence-electron chi connectivity index (χ1n) is 24.8. The van der Waals surface area contributed by atoms with Gasteiger partial charge in [-0.25, -0.2) is 0 Å². The molecule has 0 aliphatic carbocycles. The smallest absolute Gasteiger partial charge is 0.697 e. The molecule has 396 valence electrons. The number of hydrogen-bond donors (Lipinski definition) is 0. The van der Waals surface area contributed by atoms with Crippen LogP contribution >= 0.6 is 0 Å². The maximum absolute atomic E-state index is 5.25. The molecule has 0 aliphatic rings. The van der Waals surface area contributed by atoms with Gasteiger partial charge in [0.05, 0.1) is 0 Å². The van der Waals surface area contributed by atoms with Gasteiger partial charge in [-0.1, -0.05) is 302 Å². The molecule has 0 heterocycles. The van der Waals surface area contributed by atoms with Gasteiger partial charge in [0.25, 0.3) is 0 Å². The molecule has 0 amide bonds. The van der Waals surface area contributed by atoms with Gasteiger partial charge in [-0.05, 0) is 22.3 Å². The summed E-state index contributed by atoms with van der Waals surface area (Å²) in [6, 6.07) is 41.3. The predicted octanol–water partition coefficient (Wildman–Crippen LogP) is 18.3. The Morgan fingerprint density at radius 3 is 0.486 bits per heavy atom. The molecule has 0 saturated carbocycles. The van der Waals surface area contributed by atoms with Crippen molar-refractivity contribution in [2.45, 2.75) is 157 Å². The summed E-state index contributed by atoms with van der Waals surface area (Å²) < 4.78 is 19.6. The van der Waals surface area contributed by atoms with Gasteiger partial charge in [0.1, 0.15) is 0 Å². The average molecular weight is 1280 g/mol. The van der Waals surface area contributed by atoms with Crippen LogP contribution in [0.15, 0.2) is 140 Å². The minimum atomic E-state index is -1.49. The Kier molecular flexibility index (Phi) is 38.2. The van der Waals surface area contributed by atoms with Crippen molar-refractivity contribution >= 4 is 89.2 Å². The minimum absolute atomic E-state index is 0. The van der Waals surface area contributed by atoms with Crippen molar-refractivity contribution in [2.75, 3.05) is 0 Å². The first-order chi connectivity index (χ1) is 32.7. The van der Waals surface area contributed by atoms with Crippen LogP contribution in [0.4, 0.5) is 0 Å². The van der Waals surface area contributed by atoms with Crippen LogP contribution in [0.25, 0.3) is 19.9 Å². The molecule has 0 radical (unpaired) electrons. The molecule has 0 bridgehead atoms. The van der Waals surface area contributed by atoms with Crippen LogP contribution in [0.2, 0.25) is 157 Å². The zero-order valence-corrected chi connectivity index (χ0v) is 64.1. The van der Waals surface area contributed by atoms with Crippen molar-refractivity contribution in [3.8, 4) is 12.8 Å². The Morgan fingerprint density at radius 1 is 0.270 bits per heavy atom.